The number of tetrazole rings is 1. The van der Waals surface area contributed by atoms with Crippen molar-refractivity contribution in [1.29, 1.82) is 0 Å². The minimum atomic E-state index is -0.826. The number of ether oxygens (including phenoxy) is 1. The Hall–Kier alpha value is -6.03. The largest absolute Gasteiger partial charge is 0.497 e. The summed E-state index contributed by atoms with van der Waals surface area (Å²) in [6.45, 7) is 0.431. The molecule has 3 atom stereocenters. The van der Waals surface area contributed by atoms with Crippen LogP contribution >= 0.6 is 11.8 Å². The van der Waals surface area contributed by atoms with E-state index in [0.717, 1.165) is 39.1 Å². The second-order valence-electron chi connectivity index (χ2n) is 13.6. The number of aromatic nitrogens is 4. The molecule has 9 heteroatoms. The Morgan fingerprint density at radius 2 is 1.17 bits per heavy atom. The third kappa shape index (κ3) is 5.50. The van der Waals surface area contributed by atoms with Crippen LogP contribution < -0.4 is 10.1 Å². The van der Waals surface area contributed by atoms with Gasteiger partial charge in [0.15, 0.2) is 5.82 Å². The number of thioether (sulfide) groups is 1. The molecule has 2 aliphatic rings. The Balaban J connectivity index is 1.21. The third-order valence-electron chi connectivity index (χ3n) is 10.7. The molecule has 0 aliphatic carbocycles. The van der Waals surface area contributed by atoms with E-state index in [1.165, 1.54) is 0 Å². The smallest absolute Gasteiger partial charge is 0.244 e. The van der Waals surface area contributed by atoms with Crippen molar-refractivity contribution in [3.05, 3.63) is 215 Å². The molecule has 8 nitrogen and oxygen atoms in total. The van der Waals surface area contributed by atoms with Gasteiger partial charge in [-0.25, -0.2) is 4.68 Å². The van der Waals surface area contributed by atoms with E-state index in [1.807, 2.05) is 64.2 Å². The predicted molar refractivity (Wildman–Crippen MR) is 211 cm³/mol. The van der Waals surface area contributed by atoms with E-state index in [4.69, 9.17) is 9.84 Å². The molecule has 2 unspecified atom stereocenters. The second kappa shape index (κ2) is 14.1. The fourth-order valence-electron chi connectivity index (χ4n) is 8.24. The number of amides is 1. The topological polar surface area (TPSA) is 85.2 Å². The number of methoxy groups -OCH3 is 1. The number of fused-ring (bicyclic) bond motifs is 1. The summed E-state index contributed by atoms with van der Waals surface area (Å²) < 4.78 is 6.51. The minimum absolute atomic E-state index is 0.00240. The molecule has 1 aromatic heterocycles. The van der Waals surface area contributed by atoms with Gasteiger partial charge in [-0.15, -0.1) is 16.9 Å². The van der Waals surface area contributed by atoms with Crippen LogP contribution in [-0.4, -0.2) is 49.5 Å². The summed E-state index contributed by atoms with van der Waals surface area (Å²) in [4.78, 5) is 17.2. The van der Waals surface area contributed by atoms with Crippen LogP contribution in [0.3, 0.4) is 0 Å². The molecule has 3 heterocycles. The van der Waals surface area contributed by atoms with Crippen molar-refractivity contribution >= 4 is 17.7 Å². The van der Waals surface area contributed by atoms with Crippen molar-refractivity contribution in [3.8, 4) is 5.75 Å². The SMILES string of the molecule is COc1ccc(Cn2nnnc2C2N3C(=O)C(NC(c4ccccc4)(c4ccccc4)c4ccccc4)[C@H]3SC2(c2ccccc2)c2ccccc2)cc1. The maximum atomic E-state index is 15.2. The van der Waals surface area contributed by atoms with Gasteiger partial charge in [-0.05, 0) is 55.9 Å². The maximum Gasteiger partial charge on any atom is 0.244 e. The quantitative estimate of drug-likeness (QED) is 0.109. The Morgan fingerprint density at radius 1 is 0.685 bits per heavy atom. The van der Waals surface area contributed by atoms with Gasteiger partial charge in [0.2, 0.25) is 5.91 Å². The molecule has 0 spiro atoms. The summed E-state index contributed by atoms with van der Waals surface area (Å²) in [7, 11) is 1.66. The van der Waals surface area contributed by atoms with Crippen molar-refractivity contribution in [2.45, 2.75) is 34.3 Å². The van der Waals surface area contributed by atoms with Crippen LogP contribution in [-0.2, 0) is 21.6 Å². The van der Waals surface area contributed by atoms with E-state index >= 15 is 4.79 Å². The number of carbonyl (C=O) groups is 1. The van der Waals surface area contributed by atoms with Crippen LogP contribution in [0.4, 0.5) is 0 Å². The number of nitrogens with one attached hydrogen (secondary N) is 1. The van der Waals surface area contributed by atoms with Gasteiger partial charge in [-0.2, -0.15) is 0 Å². The van der Waals surface area contributed by atoms with E-state index in [-0.39, 0.29) is 11.3 Å². The molecular formula is C45H38N6O2S. The number of carbonyl (C=O) groups excluding carboxylic acids is 1. The monoisotopic (exact) mass is 726 g/mol. The summed E-state index contributed by atoms with van der Waals surface area (Å²) >= 11 is 1.80. The van der Waals surface area contributed by atoms with Crippen molar-refractivity contribution in [2.24, 2.45) is 0 Å². The zero-order valence-corrected chi connectivity index (χ0v) is 30.5. The number of benzene rings is 6. The molecule has 0 saturated carbocycles. The zero-order chi connectivity index (χ0) is 36.5. The number of hydrogen-bond acceptors (Lipinski definition) is 7. The van der Waals surface area contributed by atoms with Gasteiger partial charge < -0.3 is 9.64 Å². The molecule has 54 heavy (non-hydrogen) atoms. The lowest BCUT2D eigenvalue weighted by molar-refractivity contribution is -0.150. The van der Waals surface area contributed by atoms with E-state index in [1.54, 1.807) is 18.9 Å². The molecular weight excluding hydrogens is 689 g/mol. The molecule has 0 bridgehead atoms. The van der Waals surface area contributed by atoms with Crippen LogP contribution in [0.5, 0.6) is 5.75 Å². The highest BCUT2D eigenvalue weighted by Crippen LogP contribution is 2.65. The highest BCUT2D eigenvalue weighted by molar-refractivity contribution is 8.01. The molecule has 1 amide bonds. The lowest BCUT2D eigenvalue weighted by Gasteiger charge is -2.49. The molecule has 2 aliphatic heterocycles. The molecule has 1 N–H and O–H groups in total. The van der Waals surface area contributed by atoms with Crippen LogP contribution in [0.2, 0.25) is 0 Å². The second-order valence-corrected chi connectivity index (χ2v) is 15.0. The van der Waals surface area contributed by atoms with Crippen LogP contribution in [0.1, 0.15) is 45.2 Å². The van der Waals surface area contributed by atoms with E-state index < -0.39 is 22.4 Å². The standard InChI is InChI=1S/C45H38N6O2S/c1-53-38-29-27-32(28-30-38)31-50-41(47-48-49-50)40-45(36-23-13-5-14-24-36,37-25-15-6-16-26-37)54-43-39(42(52)51(40)43)46-44(33-17-7-2-8-18-33,34-19-9-3-10-20-34)35-21-11-4-12-22-35/h2-30,39-40,43,46H,31H2,1H3/t39?,40?,43-/m1/s1. The first kappa shape index (κ1) is 33.8. The first-order chi connectivity index (χ1) is 26.6. The molecule has 6 aromatic carbocycles. The molecule has 7 aromatic rings. The van der Waals surface area contributed by atoms with Gasteiger partial charge >= 0.3 is 0 Å². The van der Waals surface area contributed by atoms with E-state index in [9.17, 15) is 0 Å². The summed E-state index contributed by atoms with van der Waals surface area (Å²) in [5, 5.41) is 17.2. The lowest BCUT2D eigenvalue weighted by atomic mass is 9.75. The average molecular weight is 727 g/mol. The van der Waals surface area contributed by atoms with Gasteiger partial charge in [0, 0.05) is 0 Å². The Kier molecular flexibility index (Phi) is 8.81. The van der Waals surface area contributed by atoms with Crippen LogP contribution in [0.15, 0.2) is 176 Å². The van der Waals surface area contributed by atoms with E-state index in [2.05, 4.69) is 137 Å². The zero-order valence-electron chi connectivity index (χ0n) is 29.6. The predicted octanol–water partition coefficient (Wildman–Crippen LogP) is 7.58. The summed E-state index contributed by atoms with van der Waals surface area (Å²) in [6.07, 6.45) is 0. The number of rotatable bonds is 11. The Labute approximate surface area is 318 Å². The molecule has 266 valence electrons. The average Bonchev–Trinajstić information content (AvgIpc) is 3.84. The Morgan fingerprint density at radius 3 is 1.65 bits per heavy atom. The van der Waals surface area contributed by atoms with Gasteiger partial charge in [0.05, 0.1) is 23.9 Å². The molecule has 2 fully saturated rings. The van der Waals surface area contributed by atoms with Crippen molar-refractivity contribution in [3.63, 3.8) is 0 Å². The third-order valence-corrected chi connectivity index (χ3v) is 12.6. The summed E-state index contributed by atoms with van der Waals surface area (Å²) in [5.41, 5.74) is 5.49. The fourth-order valence-corrected chi connectivity index (χ4v) is 10.2. The molecule has 0 radical (unpaired) electrons. The number of nitrogens with zero attached hydrogens (tertiary/aromatic N) is 5. The highest BCUT2D eigenvalue weighted by atomic mass is 32.2. The van der Waals surface area contributed by atoms with Gasteiger partial charge in [-0.1, -0.05) is 164 Å². The molecule has 9 rings (SSSR count). The van der Waals surface area contributed by atoms with Gasteiger partial charge in [-0.3, -0.25) is 10.1 Å². The van der Waals surface area contributed by atoms with Crippen molar-refractivity contribution in [1.82, 2.24) is 30.4 Å². The van der Waals surface area contributed by atoms with Crippen molar-refractivity contribution in [2.75, 3.05) is 7.11 Å². The Bertz CT molecular complexity index is 2210. The first-order valence-electron chi connectivity index (χ1n) is 18.1. The lowest BCUT2D eigenvalue weighted by Crippen LogP contribution is -2.70. The molecule has 2 saturated heterocycles. The van der Waals surface area contributed by atoms with E-state index in [0.29, 0.717) is 12.4 Å². The van der Waals surface area contributed by atoms with Crippen molar-refractivity contribution < 1.29 is 9.53 Å². The van der Waals surface area contributed by atoms with Crippen LogP contribution in [0, 0.1) is 0 Å². The summed E-state index contributed by atoms with van der Waals surface area (Å²) in [5.74, 6) is 1.40. The highest BCUT2D eigenvalue weighted by Gasteiger charge is 2.68. The minimum Gasteiger partial charge on any atom is -0.497 e. The first-order valence-corrected chi connectivity index (χ1v) is 19.0. The maximum absolute atomic E-state index is 15.2. The number of β-lactam (4-membered cyclic amide) rings is 1. The number of hydrogen-bond donors (Lipinski definition) is 1. The van der Waals surface area contributed by atoms with Gasteiger partial charge in [0.1, 0.15) is 23.2 Å². The fraction of sp³-hybridized carbons (Fsp3) is 0.156. The normalized spacial score (nSPS) is 18.9. The summed E-state index contributed by atoms with van der Waals surface area (Å²) in [6, 6.07) is 59.1. The van der Waals surface area contributed by atoms with Gasteiger partial charge in [0.25, 0.3) is 0 Å². The van der Waals surface area contributed by atoms with Crippen LogP contribution in [0.25, 0.3) is 0 Å².